The van der Waals surface area contributed by atoms with Gasteiger partial charge in [-0.05, 0) is 11.6 Å². The van der Waals surface area contributed by atoms with E-state index in [0.717, 1.165) is 31.3 Å². The molecule has 26 heavy (non-hydrogen) atoms. The van der Waals surface area contributed by atoms with E-state index in [9.17, 15) is 0 Å². The van der Waals surface area contributed by atoms with Gasteiger partial charge in [0.25, 0.3) is 0 Å². The first-order valence-corrected chi connectivity index (χ1v) is 9.24. The molecule has 0 aliphatic carbocycles. The first-order chi connectivity index (χ1) is 12.4. The van der Waals surface area contributed by atoms with E-state index in [1.807, 2.05) is 0 Å². The lowest BCUT2D eigenvalue weighted by Crippen LogP contribution is -2.39. The highest BCUT2D eigenvalue weighted by atomic mass is 16.5. The fraction of sp³-hybridized carbons (Fsp3) is 0.476. The quantitative estimate of drug-likeness (QED) is 0.713. The number of hydrogen-bond donors (Lipinski definition) is 0. The van der Waals surface area contributed by atoms with Crippen LogP contribution in [0.2, 0.25) is 0 Å². The zero-order valence-electron chi connectivity index (χ0n) is 16.0. The first-order valence-electron chi connectivity index (χ1n) is 9.24. The normalized spacial score (nSPS) is 19.3. The summed E-state index contributed by atoms with van der Waals surface area (Å²) in [6, 6.07) is 8.61. The summed E-state index contributed by atoms with van der Waals surface area (Å²) in [6.07, 6.45) is 4.02. The molecule has 2 aromatic heterocycles. The summed E-state index contributed by atoms with van der Waals surface area (Å²) >= 11 is 0. The molecule has 0 saturated carbocycles. The number of morpholine rings is 1. The number of ether oxygens (including phenoxy) is 1. The Kier molecular flexibility index (Phi) is 4.37. The van der Waals surface area contributed by atoms with E-state index in [-0.39, 0.29) is 11.5 Å². The summed E-state index contributed by atoms with van der Waals surface area (Å²) in [6.45, 7) is 9.56. The van der Waals surface area contributed by atoms with Crippen LogP contribution in [0, 0.1) is 0 Å². The summed E-state index contributed by atoms with van der Waals surface area (Å²) in [5.41, 5.74) is 3.57. The molecule has 1 fully saturated rings. The van der Waals surface area contributed by atoms with Gasteiger partial charge in [-0.2, -0.15) is 0 Å². The molecule has 5 heteroatoms. The molecule has 4 rings (SSSR count). The molecule has 0 spiro atoms. The maximum absolute atomic E-state index is 5.85. The van der Waals surface area contributed by atoms with Gasteiger partial charge in [-0.25, -0.2) is 4.98 Å². The third kappa shape index (κ3) is 3.17. The number of aromatic nitrogens is 2. The molecule has 3 aromatic rings. The zero-order valence-corrected chi connectivity index (χ0v) is 16.0. The van der Waals surface area contributed by atoms with E-state index in [2.05, 4.69) is 67.7 Å². The third-order valence-corrected chi connectivity index (χ3v) is 5.17. The highest BCUT2D eigenvalue weighted by Crippen LogP contribution is 2.30. The number of oxazole rings is 1. The Morgan fingerprint density at radius 2 is 2.04 bits per heavy atom. The molecule has 0 radical (unpaired) electrons. The maximum atomic E-state index is 5.85. The van der Waals surface area contributed by atoms with Crippen LogP contribution in [-0.2, 0) is 23.7 Å². The minimum absolute atomic E-state index is 0.0161. The van der Waals surface area contributed by atoms with Gasteiger partial charge in [-0.1, -0.05) is 39.0 Å². The van der Waals surface area contributed by atoms with Crippen molar-refractivity contribution in [2.24, 2.45) is 7.05 Å². The van der Waals surface area contributed by atoms with Crippen LogP contribution in [0.5, 0.6) is 0 Å². The average Bonchev–Trinajstić information content (AvgIpc) is 3.22. The van der Waals surface area contributed by atoms with Crippen LogP contribution < -0.4 is 0 Å². The molecular formula is C21H27N3O2. The second kappa shape index (κ2) is 6.56. The predicted molar refractivity (Wildman–Crippen MR) is 102 cm³/mol. The predicted octanol–water partition coefficient (Wildman–Crippen LogP) is 4.04. The van der Waals surface area contributed by atoms with Gasteiger partial charge in [0, 0.05) is 42.7 Å². The largest absolute Gasteiger partial charge is 0.447 e. The van der Waals surface area contributed by atoms with Crippen molar-refractivity contribution in [3.05, 3.63) is 53.9 Å². The molecule has 5 nitrogen and oxygen atoms in total. The van der Waals surface area contributed by atoms with Crippen molar-refractivity contribution in [3.63, 3.8) is 0 Å². The maximum Gasteiger partial charge on any atom is 0.214 e. The number of hydrogen-bond acceptors (Lipinski definition) is 4. The SMILES string of the molecule is Cn1cc(CN2CCOCC2c2nc(C(C)(C)C)co2)c2ccccc21. The summed E-state index contributed by atoms with van der Waals surface area (Å²) < 4.78 is 13.8. The van der Waals surface area contributed by atoms with Crippen molar-refractivity contribution in [3.8, 4) is 0 Å². The number of para-hydroxylation sites is 1. The summed E-state index contributed by atoms with van der Waals surface area (Å²) in [5, 5.41) is 1.31. The van der Waals surface area contributed by atoms with Gasteiger partial charge in [0.2, 0.25) is 5.89 Å². The molecule has 138 valence electrons. The lowest BCUT2D eigenvalue weighted by molar-refractivity contribution is -0.0221. The smallest absolute Gasteiger partial charge is 0.214 e. The third-order valence-electron chi connectivity index (χ3n) is 5.17. The van der Waals surface area contributed by atoms with Gasteiger partial charge < -0.3 is 13.7 Å². The van der Waals surface area contributed by atoms with E-state index >= 15 is 0 Å². The molecule has 0 bridgehead atoms. The van der Waals surface area contributed by atoms with E-state index in [4.69, 9.17) is 14.1 Å². The monoisotopic (exact) mass is 353 g/mol. The van der Waals surface area contributed by atoms with Crippen LogP contribution >= 0.6 is 0 Å². The van der Waals surface area contributed by atoms with E-state index in [0.29, 0.717) is 6.61 Å². The fourth-order valence-corrected chi connectivity index (χ4v) is 3.61. The summed E-state index contributed by atoms with van der Waals surface area (Å²) in [5.74, 6) is 0.759. The Hall–Kier alpha value is -2.11. The van der Waals surface area contributed by atoms with Crippen molar-refractivity contribution >= 4 is 10.9 Å². The Labute approximate surface area is 154 Å². The molecule has 0 amide bonds. The molecule has 1 unspecified atom stereocenters. The Balaban J connectivity index is 1.62. The first kappa shape index (κ1) is 17.3. The number of fused-ring (bicyclic) bond motifs is 1. The van der Waals surface area contributed by atoms with E-state index in [1.165, 1.54) is 16.5 Å². The van der Waals surface area contributed by atoms with Gasteiger partial charge in [-0.15, -0.1) is 0 Å². The minimum atomic E-state index is -0.0161. The second-order valence-corrected chi connectivity index (χ2v) is 8.16. The standard InChI is InChI=1S/C21H27N3O2/c1-21(2,3)19-14-26-20(22-19)18-13-25-10-9-24(18)12-15-11-23(4)17-8-6-5-7-16(15)17/h5-8,11,14,18H,9-10,12-13H2,1-4H3. The molecule has 1 saturated heterocycles. The van der Waals surface area contributed by atoms with Crippen LogP contribution in [0.3, 0.4) is 0 Å². The average molecular weight is 353 g/mol. The van der Waals surface area contributed by atoms with Crippen molar-refractivity contribution in [2.75, 3.05) is 19.8 Å². The van der Waals surface area contributed by atoms with Gasteiger partial charge in [0.05, 0.1) is 18.9 Å². The van der Waals surface area contributed by atoms with Gasteiger partial charge >= 0.3 is 0 Å². The Morgan fingerprint density at radius 1 is 1.23 bits per heavy atom. The molecule has 1 aliphatic rings. The number of rotatable bonds is 3. The van der Waals surface area contributed by atoms with Crippen LogP contribution in [-0.4, -0.2) is 34.2 Å². The van der Waals surface area contributed by atoms with Crippen molar-refractivity contribution < 1.29 is 9.15 Å². The summed E-state index contributed by atoms with van der Waals surface area (Å²) in [4.78, 5) is 7.19. The molecular weight excluding hydrogens is 326 g/mol. The zero-order chi connectivity index (χ0) is 18.3. The Morgan fingerprint density at radius 3 is 2.81 bits per heavy atom. The van der Waals surface area contributed by atoms with Crippen molar-refractivity contribution in [1.29, 1.82) is 0 Å². The molecule has 1 aliphatic heterocycles. The van der Waals surface area contributed by atoms with E-state index < -0.39 is 0 Å². The Bertz CT molecular complexity index is 904. The molecule has 0 N–H and O–H groups in total. The lowest BCUT2D eigenvalue weighted by Gasteiger charge is -2.33. The van der Waals surface area contributed by atoms with E-state index in [1.54, 1.807) is 6.26 Å². The van der Waals surface area contributed by atoms with Crippen LogP contribution in [0.25, 0.3) is 10.9 Å². The minimum Gasteiger partial charge on any atom is -0.447 e. The number of benzene rings is 1. The van der Waals surface area contributed by atoms with Crippen LogP contribution in [0.1, 0.15) is 44.0 Å². The van der Waals surface area contributed by atoms with Gasteiger partial charge in [0.15, 0.2) is 0 Å². The summed E-state index contributed by atoms with van der Waals surface area (Å²) in [7, 11) is 2.10. The topological polar surface area (TPSA) is 43.4 Å². The van der Waals surface area contributed by atoms with Gasteiger partial charge in [-0.3, -0.25) is 4.90 Å². The van der Waals surface area contributed by atoms with Crippen molar-refractivity contribution in [1.82, 2.24) is 14.5 Å². The van der Waals surface area contributed by atoms with Gasteiger partial charge in [0.1, 0.15) is 12.3 Å². The fourth-order valence-electron chi connectivity index (χ4n) is 3.61. The second-order valence-electron chi connectivity index (χ2n) is 8.16. The number of nitrogens with zero attached hydrogens (tertiary/aromatic N) is 3. The van der Waals surface area contributed by atoms with Crippen LogP contribution in [0.4, 0.5) is 0 Å². The van der Waals surface area contributed by atoms with Crippen molar-refractivity contribution in [2.45, 2.75) is 38.8 Å². The van der Waals surface area contributed by atoms with Crippen LogP contribution in [0.15, 0.2) is 41.1 Å². The highest BCUT2D eigenvalue weighted by molar-refractivity contribution is 5.83. The number of aryl methyl sites for hydroxylation is 1. The lowest BCUT2D eigenvalue weighted by atomic mass is 9.93. The molecule has 1 aromatic carbocycles. The molecule has 1 atom stereocenters. The highest BCUT2D eigenvalue weighted by Gasteiger charge is 2.30. The molecule has 3 heterocycles.